The van der Waals surface area contributed by atoms with Gasteiger partial charge in [0.2, 0.25) is 0 Å². The third-order valence-corrected chi connectivity index (χ3v) is 2.80. The molecule has 0 saturated carbocycles. The summed E-state index contributed by atoms with van der Waals surface area (Å²) in [6.07, 6.45) is 0.891. The van der Waals surface area contributed by atoms with E-state index in [9.17, 15) is 4.79 Å². The number of methoxy groups -OCH3 is 2. The molecule has 0 aliphatic heterocycles. The van der Waals surface area contributed by atoms with Gasteiger partial charge in [-0.25, -0.2) is 0 Å². The van der Waals surface area contributed by atoms with Crippen LogP contribution in [0.25, 0.3) is 0 Å². The van der Waals surface area contributed by atoms with Gasteiger partial charge in [0.25, 0.3) is 0 Å². The number of hydrogen-bond acceptors (Lipinski definition) is 3. The maximum absolute atomic E-state index is 11.0. The Morgan fingerprint density at radius 3 is 2.62 bits per heavy atom. The lowest BCUT2D eigenvalue weighted by Crippen LogP contribution is -2.03. The number of carbonyl (C=O) groups excluding carboxylic acids is 1. The first-order chi connectivity index (χ1) is 7.58. The van der Waals surface area contributed by atoms with E-state index in [1.54, 1.807) is 7.11 Å². The van der Waals surface area contributed by atoms with Gasteiger partial charge in [-0.15, -0.1) is 0 Å². The van der Waals surface area contributed by atoms with Crippen LogP contribution in [-0.4, -0.2) is 20.2 Å². The second-order valence-electron chi connectivity index (χ2n) is 3.49. The minimum atomic E-state index is -0.237. The zero-order valence-electron chi connectivity index (χ0n) is 9.67. The normalized spacial score (nSPS) is 10.0. The molecular weight excluding hydrogens is 228 g/mol. The fourth-order valence-corrected chi connectivity index (χ4v) is 1.61. The molecule has 3 nitrogen and oxygen atoms in total. The summed E-state index contributed by atoms with van der Waals surface area (Å²) >= 11 is 6.02. The molecule has 0 aliphatic rings. The lowest BCUT2D eigenvalue weighted by Gasteiger charge is -2.10. The second-order valence-corrected chi connectivity index (χ2v) is 3.90. The van der Waals surface area contributed by atoms with Crippen LogP contribution in [-0.2, 0) is 16.0 Å². The van der Waals surface area contributed by atoms with Crippen LogP contribution in [0.15, 0.2) is 12.1 Å². The first-order valence-corrected chi connectivity index (χ1v) is 5.36. The van der Waals surface area contributed by atoms with Crippen molar-refractivity contribution in [2.24, 2.45) is 0 Å². The first-order valence-electron chi connectivity index (χ1n) is 4.98. The quantitative estimate of drug-likeness (QED) is 0.762. The van der Waals surface area contributed by atoms with Gasteiger partial charge >= 0.3 is 5.97 Å². The lowest BCUT2D eigenvalue weighted by molar-refractivity contribution is -0.140. The second kappa shape index (κ2) is 5.75. The Bertz CT molecular complexity index is 388. The van der Waals surface area contributed by atoms with E-state index in [1.165, 1.54) is 7.11 Å². The highest BCUT2D eigenvalue weighted by Crippen LogP contribution is 2.27. The predicted molar refractivity (Wildman–Crippen MR) is 63.1 cm³/mol. The van der Waals surface area contributed by atoms with E-state index in [0.29, 0.717) is 17.9 Å². The number of esters is 1. The van der Waals surface area contributed by atoms with Crippen LogP contribution >= 0.6 is 11.6 Å². The van der Waals surface area contributed by atoms with Crippen molar-refractivity contribution in [3.8, 4) is 5.75 Å². The summed E-state index contributed by atoms with van der Waals surface area (Å²) in [5, 5.41) is 0.681. The van der Waals surface area contributed by atoms with E-state index in [4.69, 9.17) is 16.3 Å². The number of carbonyl (C=O) groups is 1. The maximum atomic E-state index is 11.0. The average Bonchev–Trinajstić information content (AvgIpc) is 2.29. The molecule has 0 aromatic heterocycles. The summed E-state index contributed by atoms with van der Waals surface area (Å²) in [6, 6.07) is 3.70. The Morgan fingerprint density at radius 1 is 1.38 bits per heavy atom. The molecule has 0 atom stereocenters. The highest BCUT2D eigenvalue weighted by Gasteiger charge is 2.09. The topological polar surface area (TPSA) is 35.5 Å². The molecule has 0 fully saturated rings. The molecule has 0 bridgehead atoms. The highest BCUT2D eigenvalue weighted by atomic mass is 35.5. The van der Waals surface area contributed by atoms with Crippen molar-refractivity contribution in [3.05, 3.63) is 28.3 Å². The molecule has 0 spiro atoms. The van der Waals surface area contributed by atoms with Crippen molar-refractivity contribution in [1.82, 2.24) is 0 Å². The van der Waals surface area contributed by atoms with Gasteiger partial charge in [0.15, 0.2) is 0 Å². The summed E-state index contributed by atoms with van der Waals surface area (Å²) in [6.45, 7) is 1.91. The van der Waals surface area contributed by atoms with Gasteiger partial charge in [-0.05, 0) is 36.6 Å². The van der Waals surface area contributed by atoms with Gasteiger partial charge in [0.05, 0.1) is 14.2 Å². The summed E-state index contributed by atoms with van der Waals surface area (Å²) < 4.78 is 9.82. The molecule has 16 heavy (non-hydrogen) atoms. The van der Waals surface area contributed by atoms with Crippen molar-refractivity contribution in [3.63, 3.8) is 0 Å². The summed E-state index contributed by atoms with van der Waals surface area (Å²) in [5.41, 5.74) is 1.88. The van der Waals surface area contributed by atoms with E-state index < -0.39 is 0 Å². The molecule has 0 aliphatic carbocycles. The third-order valence-electron chi connectivity index (χ3n) is 2.39. The number of rotatable bonds is 4. The number of aryl methyl sites for hydroxylation is 2. The zero-order chi connectivity index (χ0) is 12.1. The standard InChI is InChI=1S/C12H15ClO3/c1-8-6-11(15-2)9(7-10(8)13)4-5-12(14)16-3/h6-7H,4-5H2,1-3H3. The molecule has 1 aromatic rings. The Morgan fingerprint density at radius 2 is 2.06 bits per heavy atom. The fourth-order valence-electron chi connectivity index (χ4n) is 1.42. The van der Waals surface area contributed by atoms with E-state index in [1.807, 2.05) is 19.1 Å². The van der Waals surface area contributed by atoms with E-state index in [-0.39, 0.29) is 5.97 Å². The van der Waals surface area contributed by atoms with Crippen LogP contribution in [0.5, 0.6) is 5.75 Å². The van der Waals surface area contributed by atoms with E-state index in [0.717, 1.165) is 16.9 Å². The number of halogens is 1. The Kier molecular flexibility index (Phi) is 4.62. The van der Waals surface area contributed by atoms with Crippen LogP contribution in [0, 0.1) is 6.92 Å². The highest BCUT2D eigenvalue weighted by molar-refractivity contribution is 6.31. The number of ether oxygens (including phenoxy) is 2. The van der Waals surface area contributed by atoms with Crippen molar-refractivity contribution in [1.29, 1.82) is 0 Å². The molecule has 1 rings (SSSR count). The van der Waals surface area contributed by atoms with Crippen molar-refractivity contribution < 1.29 is 14.3 Å². The molecule has 0 saturated heterocycles. The van der Waals surface area contributed by atoms with Gasteiger partial charge in [-0.2, -0.15) is 0 Å². The molecule has 0 N–H and O–H groups in total. The van der Waals surface area contributed by atoms with Gasteiger partial charge < -0.3 is 9.47 Å². The first kappa shape index (κ1) is 12.8. The lowest BCUT2D eigenvalue weighted by atomic mass is 10.1. The molecule has 0 unspecified atom stereocenters. The van der Waals surface area contributed by atoms with Crippen molar-refractivity contribution in [2.45, 2.75) is 19.8 Å². The van der Waals surface area contributed by atoms with Crippen molar-refractivity contribution >= 4 is 17.6 Å². The monoisotopic (exact) mass is 242 g/mol. The third kappa shape index (κ3) is 3.14. The summed E-state index contributed by atoms with van der Waals surface area (Å²) in [7, 11) is 2.98. The predicted octanol–water partition coefficient (Wildman–Crippen LogP) is 2.76. The van der Waals surface area contributed by atoms with E-state index in [2.05, 4.69) is 4.74 Å². The average molecular weight is 243 g/mol. The maximum Gasteiger partial charge on any atom is 0.305 e. The Labute approximate surface area is 100 Å². The van der Waals surface area contributed by atoms with Crippen LogP contribution < -0.4 is 4.74 Å². The molecule has 88 valence electrons. The van der Waals surface area contributed by atoms with Gasteiger partial charge in [-0.3, -0.25) is 4.79 Å². The molecule has 0 radical (unpaired) electrons. The Hall–Kier alpha value is -1.22. The SMILES string of the molecule is COC(=O)CCc1cc(Cl)c(C)cc1OC. The zero-order valence-corrected chi connectivity index (χ0v) is 10.4. The molecular formula is C12H15ClO3. The van der Waals surface area contributed by atoms with Crippen LogP contribution in [0.1, 0.15) is 17.5 Å². The summed E-state index contributed by atoms with van der Waals surface area (Å²) in [5.74, 6) is 0.518. The van der Waals surface area contributed by atoms with Crippen molar-refractivity contribution in [2.75, 3.05) is 14.2 Å². The molecule has 0 heterocycles. The smallest absolute Gasteiger partial charge is 0.305 e. The van der Waals surface area contributed by atoms with E-state index >= 15 is 0 Å². The molecule has 1 aromatic carbocycles. The Balaban J connectivity index is 2.86. The largest absolute Gasteiger partial charge is 0.496 e. The number of hydrogen-bond donors (Lipinski definition) is 0. The fraction of sp³-hybridized carbons (Fsp3) is 0.417. The molecule has 0 amide bonds. The number of benzene rings is 1. The van der Waals surface area contributed by atoms with Gasteiger partial charge in [-0.1, -0.05) is 11.6 Å². The van der Waals surface area contributed by atoms with Gasteiger partial charge in [0, 0.05) is 11.4 Å². The molecule has 4 heteroatoms. The van der Waals surface area contributed by atoms with Crippen LogP contribution in [0.3, 0.4) is 0 Å². The van der Waals surface area contributed by atoms with Gasteiger partial charge in [0.1, 0.15) is 5.75 Å². The minimum absolute atomic E-state index is 0.237. The van der Waals surface area contributed by atoms with Crippen LogP contribution in [0.2, 0.25) is 5.02 Å². The van der Waals surface area contributed by atoms with Crippen LogP contribution in [0.4, 0.5) is 0 Å². The summed E-state index contributed by atoms with van der Waals surface area (Å²) in [4.78, 5) is 11.0. The minimum Gasteiger partial charge on any atom is -0.496 e.